The number of aldehydes is 1. The number of carbonyl (C=O) groups excluding carboxylic acids is 1. The van der Waals surface area contributed by atoms with Crippen molar-refractivity contribution in [3.8, 4) is 5.75 Å². The molecule has 0 aromatic heterocycles. The molecule has 1 unspecified atom stereocenters. The monoisotopic (exact) mass is 358 g/mol. The summed E-state index contributed by atoms with van der Waals surface area (Å²) >= 11 is 0. The maximum atomic E-state index is 11.1. The van der Waals surface area contributed by atoms with E-state index in [1.807, 2.05) is 19.1 Å². The van der Waals surface area contributed by atoms with E-state index in [-0.39, 0.29) is 5.41 Å². The molecule has 26 heavy (non-hydrogen) atoms. The number of hydrogen-bond donors (Lipinski definition) is 0. The Labute approximate surface area is 156 Å². The van der Waals surface area contributed by atoms with Crippen molar-refractivity contribution in [2.75, 3.05) is 13.7 Å². The van der Waals surface area contributed by atoms with Gasteiger partial charge in [-0.3, -0.25) is 0 Å². The third-order valence-electron chi connectivity index (χ3n) is 6.69. The number of benzene rings is 1. The zero-order chi connectivity index (χ0) is 18.1. The summed E-state index contributed by atoms with van der Waals surface area (Å²) in [5.74, 6) is 3.43. The summed E-state index contributed by atoms with van der Waals surface area (Å²) in [6, 6.07) is 6.22. The van der Waals surface area contributed by atoms with Gasteiger partial charge in [0, 0.05) is 19.1 Å². The fourth-order valence-corrected chi connectivity index (χ4v) is 6.15. The summed E-state index contributed by atoms with van der Waals surface area (Å²) in [6.45, 7) is 1.78. The summed E-state index contributed by atoms with van der Waals surface area (Å²) in [6.07, 6.45) is 9.43. The minimum absolute atomic E-state index is 0.202. The molecule has 1 aromatic rings. The molecule has 4 nitrogen and oxygen atoms in total. The van der Waals surface area contributed by atoms with E-state index in [9.17, 15) is 4.79 Å². The summed E-state index contributed by atoms with van der Waals surface area (Å²) in [5, 5.41) is 0. The van der Waals surface area contributed by atoms with Gasteiger partial charge in [0.05, 0.1) is 6.61 Å². The fourth-order valence-electron chi connectivity index (χ4n) is 6.15. The van der Waals surface area contributed by atoms with Crippen molar-refractivity contribution in [3.05, 3.63) is 29.3 Å². The molecule has 0 spiro atoms. The van der Waals surface area contributed by atoms with Gasteiger partial charge in [-0.15, -0.1) is 0 Å². The fraction of sp³-hybridized carbons (Fsp3) is 0.682. The van der Waals surface area contributed by atoms with Gasteiger partial charge in [-0.25, -0.2) is 0 Å². The SMILES string of the molecule is CCOC(OC)Oc1ccc(CC=O)cc1C12CC3CC(CC(C3)C1)C2. The van der Waals surface area contributed by atoms with E-state index in [1.54, 1.807) is 7.11 Å². The molecule has 1 aromatic carbocycles. The molecule has 1 atom stereocenters. The molecule has 5 rings (SSSR count). The standard InChI is InChI=1S/C22H30O4/c1-3-25-21(24-2)26-20-5-4-15(6-7-23)11-19(20)22-12-16-8-17(13-22)10-18(9-16)14-22/h4-5,7,11,16-18,21H,3,6,8-10,12-14H2,1-2H3. The van der Waals surface area contributed by atoms with Gasteiger partial charge >= 0.3 is 6.48 Å². The zero-order valence-corrected chi connectivity index (χ0v) is 15.9. The van der Waals surface area contributed by atoms with Gasteiger partial charge in [0.2, 0.25) is 0 Å². The van der Waals surface area contributed by atoms with Gasteiger partial charge < -0.3 is 19.0 Å². The van der Waals surface area contributed by atoms with Crippen LogP contribution in [0.4, 0.5) is 0 Å². The number of ether oxygens (including phenoxy) is 3. The highest BCUT2D eigenvalue weighted by Gasteiger charge is 2.52. The second-order valence-electron chi connectivity index (χ2n) is 8.50. The van der Waals surface area contributed by atoms with Crippen LogP contribution in [0.3, 0.4) is 0 Å². The van der Waals surface area contributed by atoms with E-state index in [0.29, 0.717) is 13.0 Å². The van der Waals surface area contributed by atoms with Crippen LogP contribution in [-0.2, 0) is 26.1 Å². The Hall–Kier alpha value is -1.39. The van der Waals surface area contributed by atoms with Crippen LogP contribution in [0, 0.1) is 17.8 Å². The Morgan fingerprint density at radius 3 is 2.35 bits per heavy atom. The number of carbonyl (C=O) groups is 1. The number of methoxy groups -OCH3 is 1. The molecule has 142 valence electrons. The maximum Gasteiger partial charge on any atom is 0.315 e. The molecule has 0 saturated heterocycles. The van der Waals surface area contributed by atoms with Gasteiger partial charge in [-0.05, 0) is 80.2 Å². The minimum Gasteiger partial charge on any atom is -0.441 e. The van der Waals surface area contributed by atoms with Crippen LogP contribution < -0.4 is 4.74 Å². The molecule has 0 amide bonds. The van der Waals surface area contributed by atoms with Crippen molar-refractivity contribution in [2.24, 2.45) is 17.8 Å². The van der Waals surface area contributed by atoms with Crippen molar-refractivity contribution in [3.63, 3.8) is 0 Å². The van der Waals surface area contributed by atoms with Crippen LogP contribution >= 0.6 is 0 Å². The second kappa shape index (κ2) is 7.32. The Balaban J connectivity index is 1.70. The molecule has 4 bridgehead atoms. The lowest BCUT2D eigenvalue weighted by molar-refractivity contribution is -0.231. The predicted octanol–water partition coefficient (Wildman–Crippen LogP) is 4.24. The first-order valence-corrected chi connectivity index (χ1v) is 10.0. The molecule has 0 radical (unpaired) electrons. The van der Waals surface area contributed by atoms with E-state index < -0.39 is 6.48 Å². The van der Waals surface area contributed by atoms with Crippen LogP contribution in [0.25, 0.3) is 0 Å². The van der Waals surface area contributed by atoms with Crippen molar-refractivity contribution < 1.29 is 19.0 Å². The van der Waals surface area contributed by atoms with Gasteiger partial charge in [0.15, 0.2) is 0 Å². The first-order valence-electron chi connectivity index (χ1n) is 10.0. The molecule has 0 heterocycles. The third-order valence-corrected chi connectivity index (χ3v) is 6.69. The molecule has 4 saturated carbocycles. The van der Waals surface area contributed by atoms with Crippen molar-refractivity contribution in [1.82, 2.24) is 0 Å². The van der Waals surface area contributed by atoms with Crippen LogP contribution in [-0.4, -0.2) is 26.5 Å². The normalized spacial score (nSPS) is 33.2. The summed E-state index contributed by atoms with van der Waals surface area (Å²) in [7, 11) is 1.60. The molecule has 4 aliphatic carbocycles. The van der Waals surface area contributed by atoms with E-state index in [2.05, 4.69) is 6.07 Å². The molecule has 4 aliphatic rings. The van der Waals surface area contributed by atoms with Gasteiger partial charge in [-0.1, -0.05) is 12.1 Å². The number of hydrogen-bond acceptors (Lipinski definition) is 4. The molecule has 4 fully saturated rings. The molecular formula is C22H30O4. The third kappa shape index (κ3) is 3.29. The van der Waals surface area contributed by atoms with Crippen LogP contribution in [0.1, 0.15) is 56.6 Å². The lowest BCUT2D eigenvalue weighted by Crippen LogP contribution is -2.48. The van der Waals surface area contributed by atoms with E-state index in [4.69, 9.17) is 14.2 Å². The Bertz CT molecular complexity index is 618. The van der Waals surface area contributed by atoms with E-state index in [1.165, 1.54) is 44.1 Å². The summed E-state index contributed by atoms with van der Waals surface area (Å²) in [5.41, 5.74) is 2.55. The van der Waals surface area contributed by atoms with Gasteiger partial charge in [0.25, 0.3) is 0 Å². The largest absolute Gasteiger partial charge is 0.441 e. The second-order valence-corrected chi connectivity index (χ2v) is 8.50. The first-order chi connectivity index (χ1) is 12.7. The quantitative estimate of drug-likeness (QED) is 0.515. The van der Waals surface area contributed by atoms with Crippen LogP contribution in [0.2, 0.25) is 0 Å². The predicted molar refractivity (Wildman–Crippen MR) is 99.1 cm³/mol. The number of rotatable bonds is 8. The van der Waals surface area contributed by atoms with Crippen LogP contribution in [0.15, 0.2) is 18.2 Å². The smallest absolute Gasteiger partial charge is 0.315 e. The average molecular weight is 358 g/mol. The lowest BCUT2D eigenvalue weighted by atomic mass is 9.48. The summed E-state index contributed by atoms with van der Waals surface area (Å²) in [4.78, 5) is 11.1. The average Bonchev–Trinajstić information content (AvgIpc) is 2.61. The molecule has 4 heteroatoms. The molecular weight excluding hydrogens is 328 g/mol. The van der Waals surface area contributed by atoms with Crippen LogP contribution in [0.5, 0.6) is 5.75 Å². The topological polar surface area (TPSA) is 44.8 Å². The van der Waals surface area contributed by atoms with Gasteiger partial charge in [-0.2, -0.15) is 0 Å². The molecule has 0 aliphatic heterocycles. The summed E-state index contributed by atoms with van der Waals surface area (Å²) < 4.78 is 17.0. The van der Waals surface area contributed by atoms with Crippen molar-refractivity contribution >= 4 is 6.29 Å². The van der Waals surface area contributed by atoms with E-state index in [0.717, 1.165) is 35.4 Å². The zero-order valence-electron chi connectivity index (χ0n) is 15.9. The highest BCUT2D eigenvalue weighted by atomic mass is 16.8. The maximum absolute atomic E-state index is 11.1. The lowest BCUT2D eigenvalue weighted by Gasteiger charge is -2.57. The van der Waals surface area contributed by atoms with Gasteiger partial charge in [0.1, 0.15) is 12.0 Å². The van der Waals surface area contributed by atoms with E-state index >= 15 is 0 Å². The minimum atomic E-state index is -0.690. The highest BCUT2D eigenvalue weighted by Crippen LogP contribution is 2.62. The Morgan fingerprint density at radius 2 is 1.81 bits per heavy atom. The van der Waals surface area contributed by atoms with Crippen molar-refractivity contribution in [2.45, 2.75) is 63.8 Å². The Morgan fingerprint density at radius 1 is 1.15 bits per heavy atom. The highest BCUT2D eigenvalue weighted by molar-refractivity contribution is 5.56. The van der Waals surface area contributed by atoms with Crippen molar-refractivity contribution in [1.29, 1.82) is 0 Å². The first kappa shape index (κ1) is 18.0. The molecule has 0 N–H and O–H groups in total. The Kier molecular flexibility index (Phi) is 5.07.